The SMILES string of the molecule is NN1C[C@@H]2C(CO)[C@@H]2C1. The highest BCUT2D eigenvalue weighted by molar-refractivity contribution is 5.03. The molecule has 1 saturated carbocycles. The number of fused-ring (bicyclic) bond motifs is 1. The van der Waals surface area contributed by atoms with Gasteiger partial charge in [-0.25, -0.2) is 5.01 Å². The lowest BCUT2D eigenvalue weighted by Gasteiger charge is -2.10. The van der Waals surface area contributed by atoms with E-state index in [1.165, 1.54) is 0 Å². The second-order valence-corrected chi connectivity index (χ2v) is 3.13. The van der Waals surface area contributed by atoms with Crippen molar-refractivity contribution in [2.45, 2.75) is 0 Å². The van der Waals surface area contributed by atoms with Crippen molar-refractivity contribution >= 4 is 0 Å². The summed E-state index contributed by atoms with van der Waals surface area (Å²) in [5.41, 5.74) is 0. The lowest BCUT2D eigenvalue weighted by Crippen LogP contribution is -2.31. The van der Waals surface area contributed by atoms with Crippen LogP contribution in [0.2, 0.25) is 0 Å². The topological polar surface area (TPSA) is 49.5 Å². The van der Waals surface area contributed by atoms with Crippen molar-refractivity contribution in [3.8, 4) is 0 Å². The lowest BCUT2D eigenvalue weighted by atomic mass is 10.3. The van der Waals surface area contributed by atoms with Crippen molar-refractivity contribution < 1.29 is 5.11 Å². The molecule has 1 heterocycles. The molecule has 3 N–H and O–H groups in total. The van der Waals surface area contributed by atoms with Gasteiger partial charge in [0.2, 0.25) is 0 Å². The molecule has 1 saturated heterocycles. The molecule has 0 bridgehead atoms. The first-order valence-corrected chi connectivity index (χ1v) is 3.43. The van der Waals surface area contributed by atoms with Crippen LogP contribution in [0.4, 0.5) is 0 Å². The van der Waals surface area contributed by atoms with Crippen LogP contribution in [0, 0.1) is 17.8 Å². The second-order valence-electron chi connectivity index (χ2n) is 3.13. The average Bonchev–Trinajstić information content (AvgIpc) is 2.30. The molecule has 0 spiro atoms. The Hall–Kier alpha value is -0.120. The van der Waals surface area contributed by atoms with Gasteiger partial charge in [-0.15, -0.1) is 0 Å². The van der Waals surface area contributed by atoms with E-state index in [1.54, 1.807) is 0 Å². The monoisotopic (exact) mass is 128 g/mol. The lowest BCUT2D eigenvalue weighted by molar-refractivity contribution is 0.223. The van der Waals surface area contributed by atoms with Gasteiger partial charge in [-0.1, -0.05) is 0 Å². The molecule has 2 aliphatic rings. The molecule has 1 aliphatic heterocycles. The molecule has 1 aliphatic carbocycles. The molecule has 3 heteroatoms. The summed E-state index contributed by atoms with van der Waals surface area (Å²) in [7, 11) is 0. The van der Waals surface area contributed by atoms with Crippen molar-refractivity contribution in [2.75, 3.05) is 19.7 Å². The van der Waals surface area contributed by atoms with E-state index in [0.717, 1.165) is 24.9 Å². The molecular formula is C6H12N2O. The van der Waals surface area contributed by atoms with E-state index in [2.05, 4.69) is 0 Å². The molecule has 0 radical (unpaired) electrons. The summed E-state index contributed by atoms with van der Waals surface area (Å²) < 4.78 is 0. The van der Waals surface area contributed by atoms with Gasteiger partial charge in [0.1, 0.15) is 0 Å². The molecule has 52 valence electrons. The summed E-state index contributed by atoms with van der Waals surface area (Å²) in [6, 6.07) is 0. The molecule has 2 rings (SSSR count). The van der Waals surface area contributed by atoms with Gasteiger partial charge >= 0.3 is 0 Å². The van der Waals surface area contributed by atoms with Crippen LogP contribution in [-0.4, -0.2) is 29.8 Å². The largest absolute Gasteiger partial charge is 0.396 e. The first-order chi connectivity index (χ1) is 4.33. The number of piperidine rings is 1. The summed E-state index contributed by atoms with van der Waals surface area (Å²) in [5.74, 6) is 7.56. The Morgan fingerprint density at radius 3 is 2.44 bits per heavy atom. The van der Waals surface area contributed by atoms with Crippen LogP contribution in [0.1, 0.15) is 0 Å². The number of rotatable bonds is 1. The zero-order valence-electron chi connectivity index (χ0n) is 5.33. The molecule has 2 fully saturated rings. The molecule has 3 nitrogen and oxygen atoms in total. The molecule has 1 unspecified atom stereocenters. The van der Waals surface area contributed by atoms with Gasteiger partial charge in [-0.3, -0.25) is 5.84 Å². The second kappa shape index (κ2) is 1.68. The molecule has 0 aromatic heterocycles. The Morgan fingerprint density at radius 1 is 1.44 bits per heavy atom. The Morgan fingerprint density at radius 2 is 2.00 bits per heavy atom. The summed E-state index contributed by atoms with van der Waals surface area (Å²) in [5, 5.41) is 10.6. The number of hydrogen-bond donors (Lipinski definition) is 2. The van der Waals surface area contributed by atoms with Crippen LogP contribution in [0.3, 0.4) is 0 Å². The van der Waals surface area contributed by atoms with Gasteiger partial charge in [-0.05, 0) is 17.8 Å². The predicted octanol–water partition coefficient (Wildman–Crippen LogP) is -0.970. The van der Waals surface area contributed by atoms with Crippen LogP contribution in [-0.2, 0) is 0 Å². The maximum atomic E-state index is 8.74. The van der Waals surface area contributed by atoms with E-state index in [0.29, 0.717) is 12.5 Å². The van der Waals surface area contributed by atoms with E-state index in [4.69, 9.17) is 10.9 Å². The third kappa shape index (κ3) is 0.689. The summed E-state index contributed by atoms with van der Waals surface area (Å²) >= 11 is 0. The highest BCUT2D eigenvalue weighted by Crippen LogP contribution is 2.50. The van der Waals surface area contributed by atoms with E-state index < -0.39 is 0 Å². The third-order valence-electron chi connectivity index (χ3n) is 2.61. The molecule has 3 atom stereocenters. The van der Waals surface area contributed by atoms with Crippen LogP contribution < -0.4 is 5.84 Å². The normalized spacial score (nSPS) is 49.3. The van der Waals surface area contributed by atoms with E-state index in [1.807, 2.05) is 5.01 Å². The Balaban J connectivity index is 1.91. The standard InChI is InChI=1S/C6H12N2O/c7-8-1-4-5(2-8)6(4)3-9/h4-6,9H,1-3,7H2/t4-,5+,6?. The maximum absolute atomic E-state index is 8.74. The fourth-order valence-corrected chi connectivity index (χ4v) is 1.95. The Bertz CT molecular complexity index is 116. The van der Waals surface area contributed by atoms with Crippen molar-refractivity contribution in [3.63, 3.8) is 0 Å². The first-order valence-electron chi connectivity index (χ1n) is 3.43. The first kappa shape index (κ1) is 5.65. The van der Waals surface area contributed by atoms with Gasteiger partial charge in [0.25, 0.3) is 0 Å². The minimum absolute atomic E-state index is 0.364. The maximum Gasteiger partial charge on any atom is 0.0465 e. The Kier molecular flexibility index (Phi) is 1.06. The zero-order valence-corrected chi connectivity index (χ0v) is 5.33. The summed E-state index contributed by atoms with van der Waals surface area (Å²) in [4.78, 5) is 0. The fourth-order valence-electron chi connectivity index (χ4n) is 1.95. The van der Waals surface area contributed by atoms with Gasteiger partial charge in [0, 0.05) is 19.7 Å². The van der Waals surface area contributed by atoms with Crippen LogP contribution in [0.15, 0.2) is 0 Å². The predicted molar refractivity (Wildman–Crippen MR) is 33.3 cm³/mol. The van der Waals surface area contributed by atoms with Crippen LogP contribution in [0.5, 0.6) is 0 Å². The number of hydrogen-bond acceptors (Lipinski definition) is 3. The van der Waals surface area contributed by atoms with Gasteiger partial charge in [-0.2, -0.15) is 0 Å². The fraction of sp³-hybridized carbons (Fsp3) is 1.00. The summed E-state index contributed by atoms with van der Waals surface area (Å²) in [6.07, 6.45) is 0. The zero-order chi connectivity index (χ0) is 6.43. The highest BCUT2D eigenvalue weighted by atomic mass is 16.3. The van der Waals surface area contributed by atoms with Crippen molar-refractivity contribution in [1.82, 2.24) is 5.01 Å². The number of nitrogens with two attached hydrogens (primary N) is 1. The third-order valence-corrected chi connectivity index (χ3v) is 2.61. The average molecular weight is 128 g/mol. The van der Waals surface area contributed by atoms with Crippen molar-refractivity contribution in [2.24, 2.45) is 23.6 Å². The molecular weight excluding hydrogens is 116 g/mol. The number of hydrazine groups is 1. The quantitative estimate of drug-likeness (QED) is 0.447. The molecule has 9 heavy (non-hydrogen) atoms. The Labute approximate surface area is 54.4 Å². The van der Waals surface area contributed by atoms with E-state index >= 15 is 0 Å². The number of aliphatic hydroxyl groups is 1. The molecule has 0 aromatic carbocycles. The number of aliphatic hydroxyl groups excluding tert-OH is 1. The van der Waals surface area contributed by atoms with Gasteiger partial charge in [0.05, 0.1) is 0 Å². The highest BCUT2D eigenvalue weighted by Gasteiger charge is 2.54. The van der Waals surface area contributed by atoms with Gasteiger partial charge < -0.3 is 5.11 Å². The molecule has 0 amide bonds. The van der Waals surface area contributed by atoms with Gasteiger partial charge in [0.15, 0.2) is 0 Å². The van der Waals surface area contributed by atoms with Crippen LogP contribution in [0.25, 0.3) is 0 Å². The van der Waals surface area contributed by atoms with E-state index in [-0.39, 0.29) is 0 Å². The molecule has 0 aromatic rings. The minimum Gasteiger partial charge on any atom is -0.396 e. The van der Waals surface area contributed by atoms with Crippen molar-refractivity contribution in [1.29, 1.82) is 0 Å². The van der Waals surface area contributed by atoms with E-state index in [9.17, 15) is 0 Å². The van der Waals surface area contributed by atoms with Crippen molar-refractivity contribution in [3.05, 3.63) is 0 Å². The smallest absolute Gasteiger partial charge is 0.0465 e. The minimum atomic E-state index is 0.364. The van der Waals surface area contributed by atoms with Crippen LogP contribution >= 0.6 is 0 Å². The number of nitrogens with zero attached hydrogens (tertiary/aromatic N) is 1. The summed E-state index contributed by atoms with van der Waals surface area (Å²) in [6.45, 7) is 2.36.